The van der Waals surface area contributed by atoms with Gasteiger partial charge < -0.3 is 5.32 Å². The fourth-order valence-electron chi connectivity index (χ4n) is 4.69. The number of nitrogens with one attached hydrogen (secondary N) is 1. The summed E-state index contributed by atoms with van der Waals surface area (Å²) in [5.74, 6) is 0.00944. The van der Waals surface area contributed by atoms with Crippen molar-refractivity contribution in [2.75, 3.05) is 11.1 Å². The van der Waals surface area contributed by atoms with E-state index in [4.69, 9.17) is 4.98 Å². The van der Waals surface area contributed by atoms with Gasteiger partial charge in [-0.05, 0) is 60.2 Å². The number of rotatable bonds is 5. The van der Waals surface area contributed by atoms with Crippen LogP contribution < -0.4 is 10.9 Å². The van der Waals surface area contributed by atoms with Crippen LogP contribution in [-0.4, -0.2) is 21.2 Å². The first-order valence-corrected chi connectivity index (χ1v) is 13.6. The molecule has 0 saturated carbocycles. The fourth-order valence-corrected chi connectivity index (χ4v) is 6.83. The molecule has 0 atom stereocenters. The largest absolute Gasteiger partial charge is 0.325 e. The molecule has 7 heteroatoms. The molecule has 5 nitrogen and oxygen atoms in total. The molecule has 0 spiro atoms. The molecule has 0 saturated heterocycles. The fraction of sp³-hybridized carbons (Fsp3) is 0.138. The maximum absolute atomic E-state index is 14.0. The van der Waals surface area contributed by atoms with Crippen LogP contribution in [0, 0.1) is 6.92 Å². The summed E-state index contributed by atoms with van der Waals surface area (Å²) < 4.78 is 1.65. The van der Waals surface area contributed by atoms with Gasteiger partial charge in [0.15, 0.2) is 5.16 Å². The van der Waals surface area contributed by atoms with Gasteiger partial charge in [-0.25, -0.2) is 4.98 Å². The number of benzene rings is 3. The Bertz CT molecular complexity index is 1670. The molecule has 1 N–H and O–H groups in total. The van der Waals surface area contributed by atoms with E-state index in [2.05, 4.69) is 23.5 Å². The van der Waals surface area contributed by atoms with E-state index < -0.39 is 0 Å². The number of para-hydroxylation sites is 2. The number of thiophene rings is 1. The Morgan fingerprint density at radius 3 is 2.58 bits per heavy atom. The number of aryl methyl sites for hydroxylation is 3. The Morgan fingerprint density at radius 1 is 1.00 bits per heavy atom. The Hall–Kier alpha value is -3.68. The molecule has 5 aromatic rings. The first-order chi connectivity index (χ1) is 17.6. The van der Waals surface area contributed by atoms with Crippen LogP contribution in [0.5, 0.6) is 0 Å². The summed E-state index contributed by atoms with van der Waals surface area (Å²) in [5, 5.41) is 4.19. The molecule has 1 amide bonds. The van der Waals surface area contributed by atoms with Gasteiger partial charge in [-0.1, -0.05) is 72.4 Å². The third-order valence-corrected chi connectivity index (χ3v) is 8.56. The molecular weight excluding hydrogens is 486 g/mol. The van der Waals surface area contributed by atoms with Gasteiger partial charge in [0, 0.05) is 10.6 Å². The number of amides is 1. The van der Waals surface area contributed by atoms with Gasteiger partial charge in [0.2, 0.25) is 5.91 Å². The van der Waals surface area contributed by atoms with E-state index in [1.165, 1.54) is 22.9 Å². The van der Waals surface area contributed by atoms with E-state index in [1.54, 1.807) is 15.9 Å². The van der Waals surface area contributed by atoms with Gasteiger partial charge in [0.25, 0.3) is 5.56 Å². The van der Waals surface area contributed by atoms with E-state index >= 15 is 0 Å². The second-order valence-electron chi connectivity index (χ2n) is 8.77. The van der Waals surface area contributed by atoms with Crippen LogP contribution in [-0.2, 0) is 17.6 Å². The minimum atomic E-state index is -0.136. The van der Waals surface area contributed by atoms with Crippen LogP contribution in [0.3, 0.4) is 0 Å². The predicted molar refractivity (Wildman–Crippen MR) is 149 cm³/mol. The van der Waals surface area contributed by atoms with E-state index in [0.29, 0.717) is 10.5 Å². The molecule has 0 radical (unpaired) electrons. The van der Waals surface area contributed by atoms with Crippen molar-refractivity contribution < 1.29 is 4.79 Å². The zero-order chi connectivity index (χ0) is 24.6. The lowest BCUT2D eigenvalue weighted by Gasteiger charge is -2.16. The lowest BCUT2D eigenvalue weighted by molar-refractivity contribution is -0.113. The average molecular weight is 510 g/mol. The summed E-state index contributed by atoms with van der Waals surface area (Å²) in [6.45, 7) is 1.96. The number of anilines is 1. The third-order valence-electron chi connectivity index (χ3n) is 6.47. The average Bonchev–Trinajstić information content (AvgIpc) is 3.29. The van der Waals surface area contributed by atoms with E-state index in [1.807, 2.05) is 67.6 Å². The number of hydrogen-bond acceptors (Lipinski definition) is 5. The van der Waals surface area contributed by atoms with Crippen molar-refractivity contribution in [1.29, 1.82) is 0 Å². The third kappa shape index (κ3) is 4.04. The summed E-state index contributed by atoms with van der Waals surface area (Å²) in [6, 6.07) is 25.6. The monoisotopic (exact) mass is 509 g/mol. The Balaban J connectivity index is 1.43. The van der Waals surface area contributed by atoms with E-state index in [9.17, 15) is 9.59 Å². The van der Waals surface area contributed by atoms with Crippen LogP contribution in [0.1, 0.15) is 16.7 Å². The number of thioether (sulfide) groups is 1. The number of carbonyl (C=O) groups excluding carboxylic acids is 1. The summed E-state index contributed by atoms with van der Waals surface area (Å²) in [4.78, 5) is 33.6. The highest BCUT2D eigenvalue weighted by Crippen LogP contribution is 2.42. The highest BCUT2D eigenvalue weighted by atomic mass is 32.2. The quantitative estimate of drug-likeness (QED) is 0.225. The summed E-state index contributed by atoms with van der Waals surface area (Å²) in [5.41, 5.74) is 6.05. The normalized spacial score (nSPS) is 12.2. The maximum atomic E-state index is 14.0. The minimum Gasteiger partial charge on any atom is -0.325 e. The molecule has 178 valence electrons. The SMILES string of the molecule is Cc1ccccc1NC(=O)CSc1nc2sc3c(c2c(=O)n1-c1ccccc1)CCc1ccccc1-3. The second kappa shape index (κ2) is 9.41. The number of nitrogens with zero attached hydrogens (tertiary/aromatic N) is 2. The zero-order valence-electron chi connectivity index (χ0n) is 19.7. The first-order valence-electron chi connectivity index (χ1n) is 11.8. The molecule has 2 heterocycles. The number of carbonyl (C=O) groups is 1. The molecule has 0 fully saturated rings. The van der Waals surface area contributed by atoms with Crippen molar-refractivity contribution >= 4 is 44.9 Å². The Kier molecular flexibility index (Phi) is 5.95. The smallest absolute Gasteiger partial charge is 0.267 e. The number of aromatic nitrogens is 2. The lowest BCUT2D eigenvalue weighted by atomic mass is 9.90. The second-order valence-corrected chi connectivity index (χ2v) is 10.7. The van der Waals surface area contributed by atoms with Crippen LogP contribution in [0.15, 0.2) is 88.8 Å². The van der Waals surface area contributed by atoms with Gasteiger partial charge in [-0.2, -0.15) is 0 Å². The predicted octanol–water partition coefficient (Wildman–Crippen LogP) is 6.25. The molecule has 36 heavy (non-hydrogen) atoms. The molecule has 1 aliphatic carbocycles. The Morgan fingerprint density at radius 2 is 1.75 bits per heavy atom. The molecule has 6 rings (SSSR count). The highest BCUT2D eigenvalue weighted by molar-refractivity contribution is 7.99. The molecule has 2 aromatic heterocycles. The van der Waals surface area contributed by atoms with E-state index in [-0.39, 0.29) is 17.2 Å². The molecule has 1 aliphatic rings. The minimum absolute atomic E-state index is 0.0788. The Labute approximate surface area is 216 Å². The van der Waals surface area contributed by atoms with Crippen molar-refractivity contribution in [2.45, 2.75) is 24.9 Å². The summed E-state index contributed by atoms with van der Waals surface area (Å²) in [7, 11) is 0. The van der Waals surface area contributed by atoms with Crippen molar-refractivity contribution in [3.63, 3.8) is 0 Å². The molecular formula is C29H23N3O2S2. The summed E-state index contributed by atoms with van der Waals surface area (Å²) in [6.07, 6.45) is 1.73. The summed E-state index contributed by atoms with van der Waals surface area (Å²) >= 11 is 2.86. The molecule has 3 aromatic carbocycles. The van der Waals surface area contributed by atoms with Gasteiger partial charge in [-0.3, -0.25) is 14.2 Å². The highest BCUT2D eigenvalue weighted by Gasteiger charge is 2.26. The van der Waals surface area contributed by atoms with Gasteiger partial charge >= 0.3 is 0 Å². The van der Waals surface area contributed by atoms with Crippen molar-refractivity contribution in [2.24, 2.45) is 0 Å². The van der Waals surface area contributed by atoms with Crippen molar-refractivity contribution in [3.05, 3.63) is 106 Å². The lowest BCUT2D eigenvalue weighted by Crippen LogP contribution is -2.23. The maximum Gasteiger partial charge on any atom is 0.267 e. The zero-order valence-corrected chi connectivity index (χ0v) is 21.3. The van der Waals surface area contributed by atoms with Crippen molar-refractivity contribution in [3.8, 4) is 16.1 Å². The molecule has 0 bridgehead atoms. The van der Waals surface area contributed by atoms with E-state index in [0.717, 1.165) is 45.1 Å². The van der Waals surface area contributed by atoms with Crippen LogP contribution in [0.25, 0.3) is 26.3 Å². The molecule has 0 aliphatic heterocycles. The van der Waals surface area contributed by atoms with Gasteiger partial charge in [0.1, 0.15) is 4.83 Å². The van der Waals surface area contributed by atoms with Crippen molar-refractivity contribution in [1.82, 2.24) is 9.55 Å². The number of hydrogen-bond donors (Lipinski definition) is 1. The van der Waals surface area contributed by atoms with Crippen LogP contribution >= 0.6 is 23.1 Å². The van der Waals surface area contributed by atoms with Gasteiger partial charge in [-0.15, -0.1) is 11.3 Å². The van der Waals surface area contributed by atoms with Gasteiger partial charge in [0.05, 0.1) is 16.8 Å². The number of fused-ring (bicyclic) bond motifs is 5. The topological polar surface area (TPSA) is 64.0 Å². The first kappa shape index (κ1) is 22.8. The van der Waals surface area contributed by atoms with Crippen LogP contribution in [0.2, 0.25) is 0 Å². The molecule has 0 unspecified atom stereocenters. The van der Waals surface area contributed by atoms with Crippen LogP contribution in [0.4, 0.5) is 5.69 Å². The standard InChI is InChI=1S/C29H23N3O2S2/c1-18-9-5-8-14-23(18)30-24(33)17-35-29-31-27-25(28(34)32(29)20-11-3-2-4-12-20)22-16-15-19-10-6-7-13-21(19)26(22)36-27/h2-14H,15-17H2,1H3,(H,30,33).